The van der Waals surface area contributed by atoms with Crippen LogP contribution in [0.15, 0.2) is 18.2 Å². The van der Waals surface area contributed by atoms with Crippen molar-refractivity contribution in [3.8, 4) is 5.75 Å². The molecule has 0 aliphatic carbocycles. The third-order valence-electron chi connectivity index (χ3n) is 4.50. The van der Waals surface area contributed by atoms with Crippen molar-refractivity contribution in [2.45, 2.75) is 38.3 Å². The van der Waals surface area contributed by atoms with Crippen molar-refractivity contribution in [2.24, 2.45) is 5.92 Å². The molecule has 2 unspecified atom stereocenters. The molecule has 2 atom stereocenters. The van der Waals surface area contributed by atoms with E-state index in [9.17, 15) is 8.42 Å². The van der Waals surface area contributed by atoms with E-state index < -0.39 is 9.84 Å². The molecule has 2 heterocycles. The molecule has 116 valence electrons. The van der Waals surface area contributed by atoms with Crippen molar-refractivity contribution in [2.75, 3.05) is 18.6 Å². The molecule has 21 heavy (non-hydrogen) atoms. The van der Waals surface area contributed by atoms with Crippen molar-refractivity contribution in [3.05, 3.63) is 29.3 Å². The highest BCUT2D eigenvalue weighted by molar-refractivity contribution is 7.91. The molecule has 4 nitrogen and oxygen atoms in total. The van der Waals surface area contributed by atoms with Gasteiger partial charge in [-0.15, -0.1) is 0 Å². The second-order valence-corrected chi connectivity index (χ2v) is 9.06. The summed E-state index contributed by atoms with van der Waals surface area (Å²) in [7, 11) is -0.947. The summed E-state index contributed by atoms with van der Waals surface area (Å²) in [4.78, 5) is 0. The Balaban J connectivity index is 1.86. The number of fused-ring (bicyclic) bond motifs is 1. The second kappa shape index (κ2) is 4.99. The highest BCUT2D eigenvalue weighted by atomic mass is 32.2. The van der Waals surface area contributed by atoms with Crippen molar-refractivity contribution in [1.29, 1.82) is 0 Å². The van der Waals surface area contributed by atoms with E-state index in [0.717, 1.165) is 18.6 Å². The van der Waals surface area contributed by atoms with Gasteiger partial charge in [0.25, 0.3) is 0 Å². The van der Waals surface area contributed by atoms with Crippen LogP contribution >= 0.6 is 0 Å². The minimum atomic E-state index is -2.85. The van der Waals surface area contributed by atoms with Crippen molar-refractivity contribution in [3.63, 3.8) is 0 Å². The molecule has 1 aromatic rings. The maximum atomic E-state index is 11.7. The van der Waals surface area contributed by atoms with Crippen LogP contribution in [0.3, 0.4) is 0 Å². The predicted octanol–water partition coefficient (Wildman–Crippen LogP) is 2.10. The SMILES string of the molecule is CNC(c1ccc2c(c1)CC(C)(C)O2)C1CCS(=O)(=O)C1. The summed E-state index contributed by atoms with van der Waals surface area (Å²) >= 11 is 0. The summed E-state index contributed by atoms with van der Waals surface area (Å²) in [5, 5.41) is 3.30. The highest BCUT2D eigenvalue weighted by Gasteiger charge is 2.35. The van der Waals surface area contributed by atoms with Crippen LogP contribution in [0, 0.1) is 5.92 Å². The zero-order valence-electron chi connectivity index (χ0n) is 12.8. The quantitative estimate of drug-likeness (QED) is 0.929. The van der Waals surface area contributed by atoms with E-state index in [1.54, 1.807) is 0 Å². The largest absolute Gasteiger partial charge is 0.487 e. The van der Waals surface area contributed by atoms with Gasteiger partial charge < -0.3 is 10.1 Å². The Morgan fingerprint density at radius 3 is 2.76 bits per heavy atom. The summed E-state index contributed by atoms with van der Waals surface area (Å²) in [5.41, 5.74) is 2.24. The molecular weight excluding hydrogens is 286 g/mol. The average molecular weight is 309 g/mol. The van der Waals surface area contributed by atoms with Gasteiger partial charge in [0, 0.05) is 12.5 Å². The van der Waals surface area contributed by atoms with E-state index in [-0.39, 0.29) is 23.3 Å². The molecule has 1 fully saturated rings. The second-order valence-electron chi connectivity index (χ2n) is 6.84. The Morgan fingerprint density at radius 1 is 1.38 bits per heavy atom. The number of sulfone groups is 1. The number of ether oxygens (including phenoxy) is 1. The summed E-state index contributed by atoms with van der Waals surface area (Å²) in [6.07, 6.45) is 1.64. The standard InChI is InChI=1S/C16H23NO3S/c1-16(2)9-13-8-11(4-5-14(13)20-16)15(17-3)12-6-7-21(18,19)10-12/h4-5,8,12,15,17H,6-7,9-10H2,1-3H3. The third-order valence-corrected chi connectivity index (χ3v) is 6.29. The van der Waals surface area contributed by atoms with Crippen LogP contribution < -0.4 is 10.1 Å². The predicted molar refractivity (Wildman–Crippen MR) is 83.4 cm³/mol. The van der Waals surface area contributed by atoms with Crippen LogP contribution in [-0.2, 0) is 16.3 Å². The molecule has 0 saturated carbocycles. The van der Waals surface area contributed by atoms with Crippen molar-refractivity contribution < 1.29 is 13.2 Å². The molecule has 2 aliphatic heterocycles. The number of hydrogen-bond acceptors (Lipinski definition) is 4. The first-order chi connectivity index (χ1) is 9.80. The van der Waals surface area contributed by atoms with Crippen LogP contribution in [0.4, 0.5) is 0 Å². The van der Waals surface area contributed by atoms with E-state index in [4.69, 9.17) is 4.74 Å². The van der Waals surface area contributed by atoms with Crippen LogP contribution in [0.25, 0.3) is 0 Å². The smallest absolute Gasteiger partial charge is 0.150 e. The molecular formula is C16H23NO3S. The molecule has 5 heteroatoms. The molecule has 3 rings (SSSR count). The van der Waals surface area contributed by atoms with Gasteiger partial charge in [-0.3, -0.25) is 0 Å². The van der Waals surface area contributed by atoms with E-state index in [2.05, 4.69) is 31.3 Å². The first kappa shape index (κ1) is 14.9. The monoisotopic (exact) mass is 309 g/mol. The van der Waals surface area contributed by atoms with Crippen molar-refractivity contribution >= 4 is 9.84 Å². The fraction of sp³-hybridized carbons (Fsp3) is 0.625. The van der Waals surface area contributed by atoms with E-state index in [1.807, 2.05) is 13.1 Å². The lowest BCUT2D eigenvalue weighted by molar-refractivity contribution is 0.138. The van der Waals surface area contributed by atoms with E-state index in [1.165, 1.54) is 11.1 Å². The molecule has 0 bridgehead atoms. The van der Waals surface area contributed by atoms with Gasteiger partial charge in [-0.05, 0) is 50.4 Å². The first-order valence-electron chi connectivity index (χ1n) is 7.49. The molecule has 0 amide bonds. The third kappa shape index (κ3) is 2.94. The first-order valence-corrected chi connectivity index (χ1v) is 9.31. The summed E-state index contributed by atoms with van der Waals surface area (Å²) in [5.74, 6) is 1.72. The normalized spacial score (nSPS) is 27.1. The zero-order chi connectivity index (χ0) is 15.3. The number of rotatable bonds is 3. The van der Waals surface area contributed by atoms with Gasteiger partial charge in [0.15, 0.2) is 9.84 Å². The van der Waals surface area contributed by atoms with E-state index >= 15 is 0 Å². The Labute approximate surface area is 126 Å². The molecule has 1 aromatic carbocycles. The molecule has 0 spiro atoms. The maximum Gasteiger partial charge on any atom is 0.150 e. The summed E-state index contributed by atoms with van der Waals surface area (Å²) in [6.45, 7) is 4.18. The fourth-order valence-electron chi connectivity index (χ4n) is 3.58. The minimum absolute atomic E-state index is 0.0938. The lowest BCUT2D eigenvalue weighted by atomic mass is 9.90. The van der Waals surface area contributed by atoms with E-state index in [0.29, 0.717) is 5.75 Å². The zero-order valence-corrected chi connectivity index (χ0v) is 13.7. The van der Waals surface area contributed by atoms with Gasteiger partial charge in [0.05, 0.1) is 11.5 Å². The van der Waals surface area contributed by atoms with Crippen LogP contribution in [0.5, 0.6) is 5.75 Å². The molecule has 0 aromatic heterocycles. The number of nitrogens with one attached hydrogen (secondary N) is 1. The minimum Gasteiger partial charge on any atom is -0.487 e. The fourth-order valence-corrected chi connectivity index (χ4v) is 5.42. The highest BCUT2D eigenvalue weighted by Crippen LogP contribution is 2.38. The van der Waals surface area contributed by atoms with Gasteiger partial charge in [-0.1, -0.05) is 12.1 Å². The van der Waals surface area contributed by atoms with Gasteiger partial charge >= 0.3 is 0 Å². The van der Waals surface area contributed by atoms with Gasteiger partial charge in [-0.2, -0.15) is 0 Å². The van der Waals surface area contributed by atoms with Gasteiger partial charge in [0.1, 0.15) is 11.4 Å². The Kier molecular flexibility index (Phi) is 3.53. The molecule has 2 aliphatic rings. The Hall–Kier alpha value is -1.07. The lowest BCUT2D eigenvalue weighted by Gasteiger charge is -2.23. The molecule has 0 radical (unpaired) electrons. The maximum absolute atomic E-state index is 11.7. The van der Waals surface area contributed by atoms with Gasteiger partial charge in [0.2, 0.25) is 0 Å². The average Bonchev–Trinajstić information content (AvgIpc) is 2.87. The lowest BCUT2D eigenvalue weighted by Crippen LogP contribution is -2.26. The molecule has 1 N–H and O–H groups in total. The topological polar surface area (TPSA) is 55.4 Å². The van der Waals surface area contributed by atoms with Crippen molar-refractivity contribution in [1.82, 2.24) is 5.32 Å². The number of hydrogen-bond donors (Lipinski definition) is 1. The summed E-state index contributed by atoms with van der Waals surface area (Å²) in [6, 6.07) is 6.35. The number of benzene rings is 1. The van der Waals surface area contributed by atoms with Gasteiger partial charge in [-0.25, -0.2) is 8.42 Å². The summed E-state index contributed by atoms with van der Waals surface area (Å²) < 4.78 is 29.3. The van der Waals surface area contributed by atoms with Crippen LogP contribution in [-0.4, -0.2) is 32.6 Å². The van der Waals surface area contributed by atoms with Crippen LogP contribution in [0.2, 0.25) is 0 Å². The Morgan fingerprint density at radius 2 is 2.14 bits per heavy atom. The van der Waals surface area contributed by atoms with Crippen LogP contribution in [0.1, 0.15) is 37.4 Å². The Bertz CT molecular complexity index is 651. The molecule has 1 saturated heterocycles.